The van der Waals surface area contributed by atoms with E-state index in [1.54, 1.807) is 24.3 Å². The first-order valence-corrected chi connectivity index (χ1v) is 15.7. The van der Waals surface area contributed by atoms with Gasteiger partial charge in [-0.2, -0.15) is 0 Å². The molecule has 1 fully saturated rings. The standard InChI is InChI=1S/C30H30O4SSi/c1-23(2)28(29-30(33-29)35(31,32)24-15-7-3-8-16-24)34-36(25-17-9-4-10-18-25,26-19-11-5-12-20-26)27-21-13-6-14-22-27/h3-23,28-30H,1-2H3/t28-,29-,30-/m0/s1. The van der Waals surface area contributed by atoms with Gasteiger partial charge in [0.25, 0.3) is 8.32 Å². The summed E-state index contributed by atoms with van der Waals surface area (Å²) >= 11 is 0. The SMILES string of the molecule is CC(C)[C@H](O[Si](c1ccccc1)(c1ccccc1)c1ccccc1)[C@@H]1O[C@H]1S(=O)(=O)c1ccccc1. The highest BCUT2D eigenvalue weighted by atomic mass is 32.2. The van der Waals surface area contributed by atoms with Crippen LogP contribution in [0.2, 0.25) is 0 Å². The van der Waals surface area contributed by atoms with Gasteiger partial charge in [-0.3, -0.25) is 0 Å². The van der Waals surface area contributed by atoms with Gasteiger partial charge in [0, 0.05) is 0 Å². The first kappa shape index (κ1) is 24.7. The summed E-state index contributed by atoms with van der Waals surface area (Å²) < 4.78 is 39.9. The third-order valence-electron chi connectivity index (χ3n) is 6.70. The fourth-order valence-electron chi connectivity index (χ4n) is 4.85. The molecular formula is C30H30O4SSi. The number of hydrogen-bond acceptors (Lipinski definition) is 4. The molecular weight excluding hydrogens is 484 g/mol. The lowest BCUT2D eigenvalue weighted by Gasteiger charge is -2.37. The second kappa shape index (κ2) is 10.1. The molecule has 6 heteroatoms. The van der Waals surface area contributed by atoms with E-state index in [4.69, 9.17) is 9.16 Å². The Morgan fingerprint density at radius 1 is 0.667 bits per heavy atom. The predicted octanol–water partition coefficient (Wildman–Crippen LogP) is 3.89. The normalized spacial score (nSPS) is 18.6. The summed E-state index contributed by atoms with van der Waals surface area (Å²) in [5.41, 5.74) is -0.915. The molecule has 0 bridgehead atoms. The van der Waals surface area contributed by atoms with Gasteiger partial charge >= 0.3 is 0 Å². The smallest absolute Gasteiger partial charge is 0.288 e. The fraction of sp³-hybridized carbons (Fsp3) is 0.200. The Bertz CT molecular complexity index is 1280. The molecule has 1 aliphatic heterocycles. The maximum Gasteiger partial charge on any atom is 0.288 e. The second-order valence-corrected chi connectivity index (χ2v) is 14.8. The van der Waals surface area contributed by atoms with E-state index in [-0.39, 0.29) is 10.8 Å². The van der Waals surface area contributed by atoms with Gasteiger partial charge in [-0.05, 0) is 33.6 Å². The summed E-state index contributed by atoms with van der Waals surface area (Å²) in [6.07, 6.45) is -0.959. The lowest BCUT2D eigenvalue weighted by atomic mass is 10.1. The molecule has 0 amide bonds. The highest BCUT2D eigenvalue weighted by Crippen LogP contribution is 2.39. The third kappa shape index (κ3) is 4.57. The van der Waals surface area contributed by atoms with Gasteiger partial charge in [-0.25, -0.2) is 8.42 Å². The predicted molar refractivity (Wildman–Crippen MR) is 146 cm³/mol. The van der Waals surface area contributed by atoms with E-state index < -0.39 is 35.8 Å². The van der Waals surface area contributed by atoms with Crippen LogP contribution in [0.25, 0.3) is 0 Å². The van der Waals surface area contributed by atoms with E-state index in [0.717, 1.165) is 15.6 Å². The number of benzene rings is 4. The number of sulfone groups is 1. The molecule has 0 aliphatic carbocycles. The van der Waals surface area contributed by atoms with E-state index >= 15 is 0 Å². The zero-order valence-electron chi connectivity index (χ0n) is 20.4. The van der Waals surface area contributed by atoms with Gasteiger partial charge in [-0.15, -0.1) is 0 Å². The Labute approximate surface area is 214 Å². The lowest BCUT2D eigenvalue weighted by molar-refractivity contribution is 0.115. The van der Waals surface area contributed by atoms with Gasteiger partial charge in [0.1, 0.15) is 6.10 Å². The quantitative estimate of drug-likeness (QED) is 0.193. The fourth-order valence-corrected chi connectivity index (χ4v) is 10.6. The number of ether oxygens (including phenoxy) is 1. The summed E-state index contributed by atoms with van der Waals surface area (Å²) in [4.78, 5) is 0.276. The van der Waals surface area contributed by atoms with Gasteiger partial charge in [-0.1, -0.05) is 123 Å². The average molecular weight is 515 g/mol. The molecule has 1 aliphatic rings. The molecule has 0 unspecified atom stereocenters. The molecule has 36 heavy (non-hydrogen) atoms. The van der Waals surface area contributed by atoms with Crippen molar-refractivity contribution in [1.29, 1.82) is 0 Å². The minimum absolute atomic E-state index is 0.0361. The highest BCUT2D eigenvalue weighted by Gasteiger charge is 2.57. The summed E-state index contributed by atoms with van der Waals surface area (Å²) in [5, 5.41) is 3.32. The van der Waals surface area contributed by atoms with Crippen LogP contribution in [0.4, 0.5) is 0 Å². The van der Waals surface area contributed by atoms with Crippen LogP contribution >= 0.6 is 0 Å². The van der Waals surface area contributed by atoms with Crippen molar-refractivity contribution < 1.29 is 17.6 Å². The largest absolute Gasteiger partial charge is 0.398 e. The summed E-state index contributed by atoms with van der Waals surface area (Å²) in [6.45, 7) is 4.14. The van der Waals surface area contributed by atoms with E-state index in [2.05, 4.69) is 50.2 Å². The monoisotopic (exact) mass is 514 g/mol. The highest BCUT2D eigenvalue weighted by molar-refractivity contribution is 7.92. The Kier molecular flexibility index (Phi) is 6.95. The molecule has 0 N–H and O–H groups in total. The van der Waals surface area contributed by atoms with Crippen molar-refractivity contribution in [3.63, 3.8) is 0 Å². The van der Waals surface area contributed by atoms with Crippen molar-refractivity contribution in [1.82, 2.24) is 0 Å². The molecule has 184 valence electrons. The summed E-state index contributed by atoms with van der Waals surface area (Å²) in [7, 11) is -6.65. The maximum absolute atomic E-state index is 13.3. The molecule has 5 rings (SSSR count). The van der Waals surface area contributed by atoms with Crippen LogP contribution in [-0.2, 0) is 19.0 Å². The van der Waals surface area contributed by atoms with Crippen LogP contribution in [0.1, 0.15) is 13.8 Å². The van der Waals surface area contributed by atoms with Gasteiger partial charge in [0.2, 0.25) is 9.84 Å². The molecule has 4 aromatic rings. The summed E-state index contributed by atoms with van der Waals surface area (Å²) in [5.74, 6) is 0.0361. The van der Waals surface area contributed by atoms with Crippen LogP contribution in [0.5, 0.6) is 0 Å². The molecule has 0 saturated carbocycles. The van der Waals surface area contributed by atoms with Crippen LogP contribution < -0.4 is 15.6 Å². The van der Waals surface area contributed by atoms with Gasteiger partial charge in [0.15, 0.2) is 5.44 Å². The van der Waals surface area contributed by atoms with Crippen LogP contribution in [0.15, 0.2) is 126 Å². The van der Waals surface area contributed by atoms with E-state index in [0.29, 0.717) is 0 Å². The minimum atomic E-state index is -3.63. The zero-order valence-corrected chi connectivity index (χ0v) is 22.2. The number of rotatable bonds is 9. The topological polar surface area (TPSA) is 55.9 Å². The zero-order chi connectivity index (χ0) is 25.2. The molecule has 1 heterocycles. The molecule has 0 aromatic heterocycles. The molecule has 0 spiro atoms. The summed E-state index contributed by atoms with van der Waals surface area (Å²) in [6, 6.07) is 39.5. The van der Waals surface area contributed by atoms with Crippen LogP contribution in [0.3, 0.4) is 0 Å². The number of hydrogen-bond donors (Lipinski definition) is 0. The van der Waals surface area contributed by atoms with Crippen molar-refractivity contribution in [3.8, 4) is 0 Å². The Morgan fingerprint density at radius 2 is 1.06 bits per heavy atom. The molecule has 4 nitrogen and oxygen atoms in total. The molecule has 3 atom stereocenters. The molecule has 1 saturated heterocycles. The number of epoxide rings is 1. The Morgan fingerprint density at radius 3 is 1.44 bits per heavy atom. The van der Waals surface area contributed by atoms with Crippen molar-refractivity contribution in [3.05, 3.63) is 121 Å². The van der Waals surface area contributed by atoms with Crippen molar-refractivity contribution >= 4 is 33.7 Å². The third-order valence-corrected chi connectivity index (χ3v) is 12.7. The lowest BCUT2D eigenvalue weighted by Crippen LogP contribution is -2.71. The van der Waals surface area contributed by atoms with Crippen molar-refractivity contribution in [2.45, 2.75) is 36.4 Å². The van der Waals surface area contributed by atoms with Crippen molar-refractivity contribution in [2.75, 3.05) is 0 Å². The minimum Gasteiger partial charge on any atom is -0.398 e. The van der Waals surface area contributed by atoms with E-state index in [9.17, 15) is 8.42 Å². The van der Waals surface area contributed by atoms with E-state index in [1.807, 2.05) is 60.7 Å². The average Bonchev–Trinajstić information content (AvgIpc) is 3.73. The Hall–Kier alpha value is -3.03. The van der Waals surface area contributed by atoms with Crippen LogP contribution in [0, 0.1) is 5.92 Å². The van der Waals surface area contributed by atoms with Gasteiger partial charge < -0.3 is 9.16 Å². The molecule has 4 aromatic carbocycles. The first-order valence-electron chi connectivity index (χ1n) is 12.2. The first-order chi connectivity index (χ1) is 17.4. The van der Waals surface area contributed by atoms with Crippen molar-refractivity contribution in [2.24, 2.45) is 5.92 Å². The van der Waals surface area contributed by atoms with E-state index in [1.165, 1.54) is 0 Å². The molecule has 0 radical (unpaired) electrons. The van der Waals surface area contributed by atoms with Crippen LogP contribution in [-0.4, -0.2) is 34.4 Å². The Balaban J connectivity index is 1.61. The maximum atomic E-state index is 13.3. The second-order valence-electron chi connectivity index (χ2n) is 9.43. The van der Waals surface area contributed by atoms with Gasteiger partial charge in [0.05, 0.1) is 11.0 Å².